The van der Waals surface area contributed by atoms with Gasteiger partial charge in [0.2, 0.25) is 0 Å². The van der Waals surface area contributed by atoms with E-state index in [1.807, 2.05) is 0 Å². The van der Waals surface area contributed by atoms with E-state index in [4.69, 9.17) is 9.29 Å². The largest absolute Gasteiger partial charge is 0.494 e. The Morgan fingerprint density at radius 3 is 2.35 bits per heavy atom. The van der Waals surface area contributed by atoms with Crippen LogP contribution in [0.25, 0.3) is 0 Å². The maximum Gasteiger partial charge on any atom is 0.269 e. The molecule has 0 unspecified atom stereocenters. The van der Waals surface area contributed by atoms with Crippen molar-refractivity contribution >= 4 is 15.8 Å². The van der Waals surface area contributed by atoms with E-state index in [9.17, 15) is 18.5 Å². The first-order valence-electron chi connectivity index (χ1n) is 4.71. The Balaban J connectivity index is 2.40. The molecule has 0 saturated heterocycles. The summed E-state index contributed by atoms with van der Waals surface area (Å²) < 4.78 is 34.4. The molecule has 0 bridgehead atoms. The lowest BCUT2D eigenvalue weighted by Crippen LogP contribution is -2.08. The molecule has 1 aromatic rings. The molecule has 0 spiro atoms. The van der Waals surface area contributed by atoms with Crippen LogP contribution < -0.4 is 4.74 Å². The second kappa shape index (κ2) is 5.60. The first-order chi connectivity index (χ1) is 7.88. The van der Waals surface area contributed by atoms with E-state index in [0.717, 1.165) is 0 Å². The van der Waals surface area contributed by atoms with Crippen molar-refractivity contribution in [1.29, 1.82) is 0 Å². The minimum Gasteiger partial charge on any atom is -0.494 e. The van der Waals surface area contributed by atoms with Gasteiger partial charge in [0.25, 0.3) is 15.8 Å². The summed E-state index contributed by atoms with van der Waals surface area (Å²) in [6, 6.07) is 5.42. The molecule has 0 atom stereocenters. The van der Waals surface area contributed by atoms with Crippen LogP contribution in [-0.2, 0) is 10.1 Å². The van der Waals surface area contributed by atoms with Gasteiger partial charge < -0.3 is 4.74 Å². The second-order valence-electron chi connectivity index (χ2n) is 3.24. The zero-order valence-corrected chi connectivity index (χ0v) is 9.59. The fourth-order valence-electron chi connectivity index (χ4n) is 1.10. The van der Waals surface area contributed by atoms with Crippen LogP contribution >= 0.6 is 0 Å². The van der Waals surface area contributed by atoms with Gasteiger partial charge in [-0.05, 0) is 18.6 Å². The number of hydrogen-bond donors (Lipinski definition) is 1. The van der Waals surface area contributed by atoms with Gasteiger partial charge in [0, 0.05) is 12.1 Å². The van der Waals surface area contributed by atoms with Crippen molar-refractivity contribution in [2.45, 2.75) is 6.42 Å². The Bertz CT molecular complexity index is 481. The third-order valence-corrected chi connectivity index (χ3v) is 2.67. The first kappa shape index (κ1) is 13.4. The van der Waals surface area contributed by atoms with Gasteiger partial charge in [-0.2, -0.15) is 8.42 Å². The number of nitrogens with zero attached hydrogens (tertiary/aromatic N) is 1. The van der Waals surface area contributed by atoms with E-state index in [-0.39, 0.29) is 24.5 Å². The summed E-state index contributed by atoms with van der Waals surface area (Å²) in [6.45, 7) is 0.109. The lowest BCUT2D eigenvalue weighted by molar-refractivity contribution is -0.384. The Hall–Kier alpha value is -1.67. The third-order valence-electron chi connectivity index (χ3n) is 1.86. The van der Waals surface area contributed by atoms with Gasteiger partial charge >= 0.3 is 0 Å². The predicted molar refractivity (Wildman–Crippen MR) is 59.6 cm³/mol. The molecular weight excluding hydrogens is 250 g/mol. The monoisotopic (exact) mass is 261 g/mol. The number of benzene rings is 1. The molecule has 0 fully saturated rings. The van der Waals surface area contributed by atoms with Crippen molar-refractivity contribution < 1.29 is 22.6 Å². The molecule has 7 nitrogen and oxygen atoms in total. The summed E-state index contributed by atoms with van der Waals surface area (Å²) in [7, 11) is -3.97. The maximum absolute atomic E-state index is 10.4. The van der Waals surface area contributed by atoms with Gasteiger partial charge in [-0.1, -0.05) is 0 Å². The molecule has 1 rings (SSSR count). The van der Waals surface area contributed by atoms with E-state index < -0.39 is 15.0 Å². The average Bonchev–Trinajstić information content (AvgIpc) is 2.24. The summed E-state index contributed by atoms with van der Waals surface area (Å²) in [5, 5.41) is 10.4. The van der Waals surface area contributed by atoms with Crippen LogP contribution in [-0.4, -0.2) is 30.3 Å². The van der Waals surface area contributed by atoms with E-state index in [0.29, 0.717) is 5.75 Å². The van der Waals surface area contributed by atoms with Crippen molar-refractivity contribution in [3.8, 4) is 5.75 Å². The molecule has 0 aliphatic rings. The minimum atomic E-state index is -3.97. The number of nitro groups is 1. The van der Waals surface area contributed by atoms with Crippen LogP contribution in [0, 0.1) is 10.1 Å². The molecular formula is C9H11NO6S. The average molecular weight is 261 g/mol. The quantitative estimate of drug-likeness (QED) is 0.357. The first-order valence-corrected chi connectivity index (χ1v) is 6.32. The van der Waals surface area contributed by atoms with Gasteiger partial charge in [0.1, 0.15) is 5.75 Å². The Kier molecular flexibility index (Phi) is 4.41. The number of hydrogen-bond acceptors (Lipinski definition) is 5. The topological polar surface area (TPSA) is 107 Å². The van der Waals surface area contributed by atoms with Crippen LogP contribution in [0.15, 0.2) is 24.3 Å². The van der Waals surface area contributed by atoms with Crippen LogP contribution in [0.5, 0.6) is 5.75 Å². The standard InChI is InChI=1S/C9H11NO6S/c11-10(12)8-2-4-9(5-3-8)16-6-1-7-17(13,14)15/h2-5H,1,6-7H2,(H,13,14,15). The van der Waals surface area contributed by atoms with Crippen molar-refractivity contribution in [2.75, 3.05) is 12.4 Å². The van der Waals surface area contributed by atoms with Crippen LogP contribution in [0.2, 0.25) is 0 Å². The van der Waals surface area contributed by atoms with Crippen LogP contribution in [0.4, 0.5) is 5.69 Å². The summed E-state index contributed by atoms with van der Waals surface area (Å²) in [5.74, 6) is 0.0333. The van der Waals surface area contributed by atoms with Gasteiger partial charge in [-0.15, -0.1) is 0 Å². The summed E-state index contributed by atoms with van der Waals surface area (Å²) >= 11 is 0. The Morgan fingerprint density at radius 1 is 1.29 bits per heavy atom. The molecule has 17 heavy (non-hydrogen) atoms. The maximum atomic E-state index is 10.4. The van der Waals surface area contributed by atoms with Crippen LogP contribution in [0.1, 0.15) is 6.42 Å². The fraction of sp³-hybridized carbons (Fsp3) is 0.333. The zero-order valence-electron chi connectivity index (χ0n) is 8.77. The summed E-state index contributed by atoms with van der Waals surface area (Å²) in [6.07, 6.45) is 0.149. The lowest BCUT2D eigenvalue weighted by Gasteiger charge is -2.04. The Labute approximate surface area is 97.9 Å². The van der Waals surface area contributed by atoms with E-state index in [2.05, 4.69) is 0 Å². The normalized spacial score (nSPS) is 11.1. The van der Waals surface area contributed by atoms with E-state index in [1.165, 1.54) is 24.3 Å². The molecule has 1 aromatic carbocycles. The van der Waals surface area contributed by atoms with Crippen molar-refractivity contribution in [3.05, 3.63) is 34.4 Å². The smallest absolute Gasteiger partial charge is 0.269 e. The SMILES string of the molecule is O=[N+]([O-])c1ccc(OCCCS(=O)(=O)O)cc1. The number of non-ortho nitro benzene ring substituents is 1. The number of nitro benzene ring substituents is 1. The summed E-state index contributed by atoms with van der Waals surface area (Å²) in [4.78, 5) is 9.83. The lowest BCUT2D eigenvalue weighted by atomic mass is 10.3. The molecule has 0 aromatic heterocycles. The molecule has 0 saturated carbocycles. The molecule has 0 radical (unpaired) electrons. The van der Waals surface area contributed by atoms with Crippen molar-refractivity contribution in [3.63, 3.8) is 0 Å². The highest BCUT2D eigenvalue weighted by molar-refractivity contribution is 7.85. The molecule has 0 aliphatic carbocycles. The molecule has 0 aliphatic heterocycles. The van der Waals surface area contributed by atoms with Crippen molar-refractivity contribution in [2.24, 2.45) is 0 Å². The number of ether oxygens (including phenoxy) is 1. The molecule has 0 heterocycles. The second-order valence-corrected chi connectivity index (χ2v) is 4.81. The Morgan fingerprint density at radius 2 is 1.88 bits per heavy atom. The molecule has 0 amide bonds. The minimum absolute atomic E-state index is 0.0460. The van der Waals surface area contributed by atoms with E-state index >= 15 is 0 Å². The van der Waals surface area contributed by atoms with Gasteiger partial charge in [-0.25, -0.2) is 0 Å². The van der Waals surface area contributed by atoms with Gasteiger partial charge in [0.05, 0.1) is 17.3 Å². The third kappa shape index (κ3) is 5.27. The highest BCUT2D eigenvalue weighted by Gasteiger charge is 2.06. The highest BCUT2D eigenvalue weighted by Crippen LogP contribution is 2.17. The predicted octanol–water partition coefficient (Wildman–Crippen LogP) is 1.25. The molecule has 1 N–H and O–H groups in total. The molecule has 8 heteroatoms. The fourth-order valence-corrected chi connectivity index (χ4v) is 1.58. The van der Waals surface area contributed by atoms with Crippen molar-refractivity contribution in [1.82, 2.24) is 0 Å². The van der Waals surface area contributed by atoms with Gasteiger partial charge in [0.15, 0.2) is 0 Å². The zero-order chi connectivity index (χ0) is 12.9. The summed E-state index contributed by atoms with van der Waals surface area (Å²) in [5.41, 5.74) is -0.0460. The van der Waals surface area contributed by atoms with E-state index in [1.54, 1.807) is 0 Å². The molecule has 94 valence electrons. The van der Waals surface area contributed by atoms with Gasteiger partial charge in [-0.3, -0.25) is 14.7 Å². The highest BCUT2D eigenvalue weighted by atomic mass is 32.2. The number of rotatable bonds is 6. The van der Waals surface area contributed by atoms with Crippen LogP contribution in [0.3, 0.4) is 0 Å².